The van der Waals surface area contributed by atoms with Crippen LogP contribution in [0.15, 0.2) is 12.3 Å². The maximum atomic E-state index is 5.62. The summed E-state index contributed by atoms with van der Waals surface area (Å²) in [6.07, 6.45) is 1.69. The van der Waals surface area contributed by atoms with Gasteiger partial charge in [0.2, 0.25) is 0 Å². The van der Waals surface area contributed by atoms with Crippen molar-refractivity contribution in [3.63, 3.8) is 0 Å². The standard InChI is InChI=1S/C8H14N4/c1-5(2)6-3-4-11-8(9)7(6)12-10/h3-5,12H,10H2,1-2H3,(H2,9,11). The SMILES string of the molecule is CC(C)c1ccnc(N)c1NN. The molecule has 0 unspecified atom stereocenters. The predicted octanol–water partition coefficient (Wildman–Crippen LogP) is 1.07. The molecule has 0 aliphatic carbocycles. The minimum atomic E-state index is 0.390. The van der Waals surface area contributed by atoms with Crippen molar-refractivity contribution >= 4 is 11.5 Å². The number of nitrogens with zero attached hydrogens (tertiary/aromatic N) is 1. The number of rotatable bonds is 2. The van der Waals surface area contributed by atoms with Gasteiger partial charge in [-0.1, -0.05) is 13.8 Å². The molecule has 0 atom stereocenters. The van der Waals surface area contributed by atoms with Crippen molar-refractivity contribution in [1.82, 2.24) is 4.98 Å². The largest absolute Gasteiger partial charge is 0.382 e. The molecule has 4 heteroatoms. The number of nitrogens with one attached hydrogen (secondary N) is 1. The lowest BCUT2D eigenvalue weighted by atomic mass is 10.0. The van der Waals surface area contributed by atoms with E-state index in [1.807, 2.05) is 6.07 Å². The first-order valence-corrected chi connectivity index (χ1v) is 3.87. The molecule has 1 aromatic rings. The molecule has 66 valence electrons. The average molecular weight is 166 g/mol. The molecule has 1 aromatic heterocycles. The van der Waals surface area contributed by atoms with Crippen LogP contribution in [0, 0.1) is 0 Å². The number of hydrogen-bond donors (Lipinski definition) is 3. The third kappa shape index (κ3) is 1.48. The first-order valence-electron chi connectivity index (χ1n) is 3.87. The van der Waals surface area contributed by atoms with E-state index in [9.17, 15) is 0 Å². The van der Waals surface area contributed by atoms with Crippen LogP contribution in [0.4, 0.5) is 11.5 Å². The molecule has 0 aliphatic heterocycles. The highest BCUT2D eigenvalue weighted by molar-refractivity contribution is 5.66. The summed E-state index contributed by atoms with van der Waals surface area (Å²) in [6.45, 7) is 4.16. The van der Waals surface area contributed by atoms with Crippen LogP contribution in [0.1, 0.15) is 25.3 Å². The Morgan fingerprint density at radius 2 is 2.17 bits per heavy atom. The van der Waals surface area contributed by atoms with E-state index < -0.39 is 0 Å². The molecule has 0 amide bonds. The van der Waals surface area contributed by atoms with Crippen LogP contribution in [0.25, 0.3) is 0 Å². The highest BCUT2D eigenvalue weighted by Crippen LogP contribution is 2.26. The van der Waals surface area contributed by atoms with E-state index in [1.165, 1.54) is 0 Å². The van der Waals surface area contributed by atoms with Crippen LogP contribution >= 0.6 is 0 Å². The van der Waals surface area contributed by atoms with Crippen LogP contribution in [0.2, 0.25) is 0 Å². The Balaban J connectivity index is 3.18. The van der Waals surface area contributed by atoms with Gasteiger partial charge in [0, 0.05) is 6.20 Å². The van der Waals surface area contributed by atoms with Crippen LogP contribution in [0.5, 0.6) is 0 Å². The minimum absolute atomic E-state index is 0.390. The fraction of sp³-hybridized carbons (Fsp3) is 0.375. The number of nitrogens with two attached hydrogens (primary N) is 2. The van der Waals surface area contributed by atoms with Gasteiger partial charge in [-0.15, -0.1) is 0 Å². The fourth-order valence-electron chi connectivity index (χ4n) is 1.13. The topological polar surface area (TPSA) is 77.0 Å². The van der Waals surface area contributed by atoms with Crippen LogP contribution in [0.3, 0.4) is 0 Å². The van der Waals surface area contributed by atoms with Crippen molar-refractivity contribution in [2.24, 2.45) is 5.84 Å². The second-order valence-corrected chi connectivity index (χ2v) is 2.96. The zero-order valence-electron chi connectivity index (χ0n) is 7.33. The number of anilines is 2. The van der Waals surface area contributed by atoms with E-state index in [0.717, 1.165) is 11.3 Å². The van der Waals surface area contributed by atoms with Gasteiger partial charge in [-0.25, -0.2) is 4.98 Å². The lowest BCUT2D eigenvalue weighted by Crippen LogP contribution is -2.13. The Hall–Kier alpha value is -1.29. The van der Waals surface area contributed by atoms with Crippen LogP contribution in [-0.2, 0) is 0 Å². The molecular weight excluding hydrogens is 152 g/mol. The third-order valence-corrected chi connectivity index (χ3v) is 1.78. The van der Waals surface area contributed by atoms with E-state index in [4.69, 9.17) is 11.6 Å². The molecular formula is C8H14N4. The van der Waals surface area contributed by atoms with Crippen molar-refractivity contribution < 1.29 is 0 Å². The van der Waals surface area contributed by atoms with Gasteiger partial charge < -0.3 is 11.2 Å². The molecule has 0 saturated heterocycles. The molecule has 0 fully saturated rings. The van der Waals surface area contributed by atoms with Gasteiger partial charge in [-0.2, -0.15) is 0 Å². The van der Waals surface area contributed by atoms with Gasteiger partial charge in [0.05, 0.1) is 5.69 Å². The van der Waals surface area contributed by atoms with Crippen LogP contribution < -0.4 is 17.0 Å². The Bertz CT molecular complexity index is 270. The van der Waals surface area contributed by atoms with Gasteiger partial charge >= 0.3 is 0 Å². The van der Waals surface area contributed by atoms with Crippen LogP contribution in [-0.4, -0.2) is 4.98 Å². The van der Waals surface area contributed by atoms with Gasteiger partial charge in [-0.3, -0.25) is 5.84 Å². The van der Waals surface area contributed by atoms with E-state index in [0.29, 0.717) is 11.7 Å². The summed E-state index contributed by atoms with van der Waals surface area (Å²) in [6, 6.07) is 1.91. The van der Waals surface area contributed by atoms with Crippen molar-refractivity contribution in [3.05, 3.63) is 17.8 Å². The molecule has 4 nitrogen and oxygen atoms in total. The Morgan fingerprint density at radius 3 is 2.58 bits per heavy atom. The lowest BCUT2D eigenvalue weighted by Gasteiger charge is -2.12. The summed E-state index contributed by atoms with van der Waals surface area (Å²) in [5, 5.41) is 0. The second kappa shape index (κ2) is 3.40. The number of aromatic nitrogens is 1. The summed E-state index contributed by atoms with van der Waals surface area (Å²) >= 11 is 0. The van der Waals surface area contributed by atoms with E-state index in [1.54, 1.807) is 6.20 Å². The van der Waals surface area contributed by atoms with E-state index in [-0.39, 0.29) is 0 Å². The summed E-state index contributed by atoms with van der Waals surface area (Å²) in [7, 11) is 0. The summed E-state index contributed by atoms with van der Waals surface area (Å²) in [5.74, 6) is 6.16. The Labute approximate surface area is 71.9 Å². The molecule has 0 bridgehead atoms. The van der Waals surface area contributed by atoms with E-state index in [2.05, 4.69) is 24.3 Å². The number of nitrogen functional groups attached to an aromatic ring is 2. The first kappa shape index (κ1) is 8.80. The number of hydrazine groups is 1. The van der Waals surface area contributed by atoms with Crippen molar-refractivity contribution in [2.75, 3.05) is 11.2 Å². The second-order valence-electron chi connectivity index (χ2n) is 2.96. The molecule has 1 rings (SSSR count). The van der Waals surface area contributed by atoms with E-state index >= 15 is 0 Å². The van der Waals surface area contributed by atoms with Crippen molar-refractivity contribution in [1.29, 1.82) is 0 Å². The number of pyridine rings is 1. The summed E-state index contributed by atoms with van der Waals surface area (Å²) in [4.78, 5) is 3.93. The number of hydrogen-bond acceptors (Lipinski definition) is 4. The summed E-state index contributed by atoms with van der Waals surface area (Å²) < 4.78 is 0. The zero-order chi connectivity index (χ0) is 9.14. The first-order chi connectivity index (χ1) is 5.66. The molecule has 12 heavy (non-hydrogen) atoms. The fourth-order valence-corrected chi connectivity index (χ4v) is 1.13. The van der Waals surface area contributed by atoms with Gasteiger partial charge in [0.25, 0.3) is 0 Å². The normalized spacial score (nSPS) is 10.3. The van der Waals surface area contributed by atoms with Gasteiger partial charge in [0.1, 0.15) is 5.82 Å². The molecule has 1 heterocycles. The molecule has 0 saturated carbocycles. The predicted molar refractivity (Wildman–Crippen MR) is 50.5 cm³/mol. The highest BCUT2D eigenvalue weighted by Gasteiger charge is 2.08. The van der Waals surface area contributed by atoms with Gasteiger partial charge in [-0.05, 0) is 17.5 Å². The smallest absolute Gasteiger partial charge is 0.148 e. The zero-order valence-corrected chi connectivity index (χ0v) is 7.33. The minimum Gasteiger partial charge on any atom is -0.382 e. The van der Waals surface area contributed by atoms with Gasteiger partial charge in [0.15, 0.2) is 0 Å². The molecule has 0 aromatic carbocycles. The third-order valence-electron chi connectivity index (χ3n) is 1.78. The molecule has 0 spiro atoms. The molecule has 5 N–H and O–H groups in total. The summed E-state index contributed by atoms with van der Waals surface area (Å²) in [5.41, 5.74) is 9.99. The lowest BCUT2D eigenvalue weighted by molar-refractivity contribution is 0.864. The quantitative estimate of drug-likeness (QED) is 0.453. The van der Waals surface area contributed by atoms with Crippen molar-refractivity contribution in [2.45, 2.75) is 19.8 Å². The molecule has 0 radical (unpaired) electrons. The Kier molecular flexibility index (Phi) is 2.50. The molecule has 0 aliphatic rings. The Morgan fingerprint density at radius 1 is 1.50 bits per heavy atom. The maximum Gasteiger partial charge on any atom is 0.148 e. The maximum absolute atomic E-state index is 5.62. The monoisotopic (exact) mass is 166 g/mol. The average Bonchev–Trinajstić information content (AvgIpc) is 2.03. The highest BCUT2D eigenvalue weighted by atomic mass is 15.2. The van der Waals surface area contributed by atoms with Crippen molar-refractivity contribution in [3.8, 4) is 0 Å².